The van der Waals surface area contributed by atoms with Crippen molar-refractivity contribution in [3.8, 4) is 0 Å². The van der Waals surface area contributed by atoms with Crippen LogP contribution in [0.5, 0.6) is 0 Å². The SMILES string of the molecule is CCNC(Cc1ncnn1C)c1cc(Br)c(Br)s1. The number of halogens is 2. The van der Waals surface area contributed by atoms with Crippen LogP contribution >= 0.6 is 43.2 Å². The second kappa shape index (κ2) is 6.27. The molecule has 1 atom stereocenters. The Kier molecular flexibility index (Phi) is 4.94. The molecule has 0 bridgehead atoms. The number of hydrogen-bond acceptors (Lipinski definition) is 4. The summed E-state index contributed by atoms with van der Waals surface area (Å²) in [4.78, 5) is 5.58. The Morgan fingerprint density at radius 2 is 2.28 bits per heavy atom. The van der Waals surface area contributed by atoms with Crippen LogP contribution < -0.4 is 5.32 Å². The van der Waals surface area contributed by atoms with Crippen LogP contribution in [-0.4, -0.2) is 21.3 Å². The highest BCUT2D eigenvalue weighted by atomic mass is 79.9. The molecule has 0 aliphatic carbocycles. The van der Waals surface area contributed by atoms with E-state index in [2.05, 4.69) is 60.2 Å². The third-order valence-corrected chi connectivity index (χ3v) is 6.02. The fraction of sp³-hybridized carbons (Fsp3) is 0.455. The second-order valence-electron chi connectivity index (χ2n) is 3.88. The maximum Gasteiger partial charge on any atom is 0.138 e. The van der Waals surface area contributed by atoms with E-state index in [-0.39, 0.29) is 6.04 Å². The number of rotatable bonds is 5. The van der Waals surface area contributed by atoms with Gasteiger partial charge in [-0.3, -0.25) is 4.68 Å². The van der Waals surface area contributed by atoms with Crippen molar-refractivity contribution >= 4 is 43.2 Å². The lowest BCUT2D eigenvalue weighted by Gasteiger charge is -2.15. The molecule has 0 spiro atoms. The van der Waals surface area contributed by atoms with Gasteiger partial charge < -0.3 is 5.32 Å². The van der Waals surface area contributed by atoms with Gasteiger partial charge in [0, 0.05) is 28.9 Å². The maximum absolute atomic E-state index is 4.29. The number of nitrogens with one attached hydrogen (secondary N) is 1. The fourth-order valence-electron chi connectivity index (χ4n) is 1.74. The third-order valence-electron chi connectivity index (χ3n) is 2.65. The van der Waals surface area contributed by atoms with E-state index in [0.717, 1.165) is 27.0 Å². The molecule has 0 saturated carbocycles. The molecule has 2 heterocycles. The van der Waals surface area contributed by atoms with Crippen molar-refractivity contribution in [1.29, 1.82) is 0 Å². The van der Waals surface area contributed by atoms with E-state index in [1.165, 1.54) is 4.88 Å². The Balaban J connectivity index is 2.20. The Morgan fingerprint density at radius 3 is 2.78 bits per heavy atom. The first-order valence-corrected chi connectivity index (χ1v) is 8.03. The third kappa shape index (κ3) is 3.20. The lowest BCUT2D eigenvalue weighted by atomic mass is 10.1. The van der Waals surface area contributed by atoms with Crippen LogP contribution in [0.15, 0.2) is 20.7 Å². The Labute approximate surface area is 127 Å². The largest absolute Gasteiger partial charge is 0.309 e. The Hall–Kier alpha value is -0.240. The van der Waals surface area contributed by atoms with Crippen LogP contribution in [0.2, 0.25) is 0 Å². The zero-order chi connectivity index (χ0) is 13.1. The van der Waals surface area contributed by atoms with Gasteiger partial charge in [0.1, 0.15) is 12.2 Å². The molecule has 0 aliphatic rings. The highest BCUT2D eigenvalue weighted by Crippen LogP contribution is 2.36. The van der Waals surface area contributed by atoms with E-state index < -0.39 is 0 Å². The molecule has 2 aromatic heterocycles. The van der Waals surface area contributed by atoms with Crippen LogP contribution in [-0.2, 0) is 13.5 Å². The number of likely N-dealkylation sites (N-methyl/N-ethyl adjacent to an activating group) is 1. The molecule has 0 aliphatic heterocycles. The summed E-state index contributed by atoms with van der Waals surface area (Å²) in [5, 5.41) is 7.60. The van der Waals surface area contributed by atoms with Crippen LogP contribution in [0.3, 0.4) is 0 Å². The lowest BCUT2D eigenvalue weighted by Crippen LogP contribution is -2.23. The van der Waals surface area contributed by atoms with E-state index in [4.69, 9.17) is 0 Å². The molecule has 0 saturated heterocycles. The van der Waals surface area contributed by atoms with Crippen molar-refractivity contribution in [3.63, 3.8) is 0 Å². The summed E-state index contributed by atoms with van der Waals surface area (Å²) < 4.78 is 4.05. The van der Waals surface area contributed by atoms with Gasteiger partial charge in [-0.2, -0.15) is 5.10 Å². The normalized spacial score (nSPS) is 12.9. The zero-order valence-corrected chi connectivity index (χ0v) is 14.1. The molecule has 2 rings (SSSR count). The number of aromatic nitrogens is 3. The first kappa shape index (κ1) is 14.2. The first-order chi connectivity index (χ1) is 8.61. The van der Waals surface area contributed by atoms with Gasteiger partial charge in [-0.1, -0.05) is 6.92 Å². The van der Waals surface area contributed by atoms with Crippen LogP contribution in [0.1, 0.15) is 23.7 Å². The summed E-state index contributed by atoms with van der Waals surface area (Å²) in [6, 6.07) is 2.42. The molecule has 2 aromatic rings. The minimum atomic E-state index is 0.269. The van der Waals surface area contributed by atoms with Crippen molar-refractivity contribution in [2.75, 3.05) is 6.54 Å². The predicted octanol–water partition coefficient (Wildman–Crippen LogP) is 3.29. The first-order valence-electron chi connectivity index (χ1n) is 5.62. The highest BCUT2D eigenvalue weighted by Gasteiger charge is 2.17. The van der Waals surface area contributed by atoms with Gasteiger partial charge in [0.05, 0.1) is 3.79 Å². The average Bonchev–Trinajstić information content (AvgIpc) is 2.87. The van der Waals surface area contributed by atoms with E-state index in [1.807, 2.05) is 11.7 Å². The van der Waals surface area contributed by atoms with E-state index >= 15 is 0 Å². The number of thiophene rings is 1. The van der Waals surface area contributed by atoms with Gasteiger partial charge in [0.2, 0.25) is 0 Å². The summed E-state index contributed by atoms with van der Waals surface area (Å²) in [7, 11) is 1.92. The molecule has 98 valence electrons. The number of aryl methyl sites for hydroxylation is 1. The molecular formula is C11H14Br2N4S. The van der Waals surface area contributed by atoms with Crippen LogP contribution in [0, 0.1) is 0 Å². The molecule has 0 amide bonds. The molecule has 7 heteroatoms. The molecule has 0 radical (unpaired) electrons. The van der Waals surface area contributed by atoms with E-state index in [1.54, 1.807) is 17.7 Å². The van der Waals surface area contributed by atoms with Gasteiger partial charge in [-0.05, 0) is 44.5 Å². The van der Waals surface area contributed by atoms with Crippen molar-refractivity contribution < 1.29 is 0 Å². The van der Waals surface area contributed by atoms with E-state index in [9.17, 15) is 0 Å². The van der Waals surface area contributed by atoms with Gasteiger partial charge >= 0.3 is 0 Å². The molecule has 0 aromatic carbocycles. The lowest BCUT2D eigenvalue weighted by molar-refractivity contribution is 0.529. The summed E-state index contributed by atoms with van der Waals surface area (Å²) in [5.41, 5.74) is 0. The topological polar surface area (TPSA) is 42.7 Å². The van der Waals surface area contributed by atoms with Crippen molar-refractivity contribution in [1.82, 2.24) is 20.1 Å². The summed E-state index contributed by atoms with van der Waals surface area (Å²) >= 11 is 8.81. The molecule has 1 unspecified atom stereocenters. The monoisotopic (exact) mass is 392 g/mol. The summed E-state index contributed by atoms with van der Waals surface area (Å²) in [6.45, 7) is 3.04. The maximum atomic E-state index is 4.29. The van der Waals surface area contributed by atoms with Crippen molar-refractivity contribution in [2.45, 2.75) is 19.4 Å². The number of hydrogen-bond donors (Lipinski definition) is 1. The Morgan fingerprint density at radius 1 is 1.50 bits per heavy atom. The predicted molar refractivity (Wildman–Crippen MR) is 80.8 cm³/mol. The average molecular weight is 394 g/mol. The highest BCUT2D eigenvalue weighted by molar-refractivity contribution is 9.13. The zero-order valence-electron chi connectivity index (χ0n) is 10.2. The minimum absolute atomic E-state index is 0.269. The minimum Gasteiger partial charge on any atom is -0.309 e. The molecule has 4 nitrogen and oxygen atoms in total. The molecule has 18 heavy (non-hydrogen) atoms. The number of nitrogens with zero attached hydrogens (tertiary/aromatic N) is 3. The molecule has 1 N–H and O–H groups in total. The van der Waals surface area contributed by atoms with E-state index in [0.29, 0.717) is 0 Å². The molecule has 0 fully saturated rings. The van der Waals surface area contributed by atoms with Gasteiger partial charge in [-0.15, -0.1) is 11.3 Å². The van der Waals surface area contributed by atoms with Gasteiger partial charge in [-0.25, -0.2) is 4.98 Å². The second-order valence-corrected chi connectivity index (χ2v) is 7.14. The quantitative estimate of drug-likeness (QED) is 0.847. The Bertz CT molecular complexity index is 503. The summed E-state index contributed by atoms with van der Waals surface area (Å²) in [5.74, 6) is 0.988. The van der Waals surface area contributed by atoms with Gasteiger partial charge in [0.25, 0.3) is 0 Å². The fourth-order valence-corrected chi connectivity index (χ4v) is 3.91. The standard InChI is InChI=1S/C11H14Br2N4S/c1-3-14-8(5-10-15-6-16-17(10)2)9-4-7(12)11(13)18-9/h4,6,8,14H,3,5H2,1-2H3. The van der Waals surface area contributed by atoms with Gasteiger partial charge in [0.15, 0.2) is 0 Å². The molecular weight excluding hydrogens is 380 g/mol. The van der Waals surface area contributed by atoms with Crippen LogP contribution in [0.25, 0.3) is 0 Å². The summed E-state index contributed by atoms with van der Waals surface area (Å²) in [6.07, 6.45) is 2.43. The smallest absolute Gasteiger partial charge is 0.138 e. The van der Waals surface area contributed by atoms with Crippen molar-refractivity contribution in [2.24, 2.45) is 7.05 Å². The van der Waals surface area contributed by atoms with Crippen LogP contribution in [0.4, 0.5) is 0 Å². The van der Waals surface area contributed by atoms with Crippen molar-refractivity contribution in [3.05, 3.63) is 31.4 Å².